The smallest absolute Gasteiger partial charge is 0.407 e. The minimum atomic E-state index is -0.388. The van der Waals surface area contributed by atoms with Gasteiger partial charge in [0.1, 0.15) is 5.75 Å². The zero-order chi connectivity index (χ0) is 13.8. The van der Waals surface area contributed by atoms with Crippen molar-refractivity contribution >= 4 is 22.0 Å². The maximum Gasteiger partial charge on any atom is 0.407 e. The van der Waals surface area contributed by atoms with Gasteiger partial charge in [-0.25, -0.2) is 4.79 Å². The molecular formula is C14H18BrNO3. The van der Waals surface area contributed by atoms with Crippen LogP contribution in [-0.4, -0.2) is 19.3 Å². The molecule has 0 spiro atoms. The minimum absolute atomic E-state index is 0.337. The fourth-order valence-corrected chi connectivity index (χ4v) is 2.49. The largest absolute Gasteiger partial charge is 0.493 e. The summed E-state index contributed by atoms with van der Waals surface area (Å²) < 4.78 is 11.7. The monoisotopic (exact) mass is 327 g/mol. The number of carbonyl (C=O) groups excluding carboxylic acids is 1. The van der Waals surface area contributed by atoms with E-state index in [1.807, 2.05) is 19.9 Å². The highest BCUT2D eigenvalue weighted by Crippen LogP contribution is 2.32. The van der Waals surface area contributed by atoms with E-state index >= 15 is 0 Å². The highest BCUT2D eigenvalue weighted by molar-refractivity contribution is 9.10. The lowest BCUT2D eigenvalue weighted by Crippen LogP contribution is -2.25. The van der Waals surface area contributed by atoms with Crippen molar-refractivity contribution in [2.75, 3.05) is 13.2 Å². The summed E-state index contributed by atoms with van der Waals surface area (Å²) >= 11 is 3.47. The van der Waals surface area contributed by atoms with Crippen LogP contribution in [0.25, 0.3) is 0 Å². The van der Waals surface area contributed by atoms with E-state index in [2.05, 4.69) is 27.3 Å². The summed E-state index contributed by atoms with van der Waals surface area (Å²) in [6.45, 7) is 5.55. The lowest BCUT2D eigenvalue weighted by molar-refractivity contribution is 0.132. The highest BCUT2D eigenvalue weighted by atomic mass is 79.9. The molecule has 1 aromatic rings. The van der Waals surface area contributed by atoms with Crippen molar-refractivity contribution in [2.24, 2.45) is 5.92 Å². The number of rotatable bonds is 4. The van der Waals surface area contributed by atoms with Gasteiger partial charge in [0.2, 0.25) is 0 Å². The Hall–Kier alpha value is -1.23. The van der Waals surface area contributed by atoms with Crippen LogP contribution >= 0.6 is 15.9 Å². The van der Waals surface area contributed by atoms with E-state index in [0.717, 1.165) is 22.2 Å². The van der Waals surface area contributed by atoms with E-state index in [9.17, 15) is 4.79 Å². The Labute approximate surface area is 121 Å². The first kappa shape index (κ1) is 14.2. The molecule has 0 aromatic heterocycles. The van der Waals surface area contributed by atoms with Crippen molar-refractivity contribution in [3.63, 3.8) is 0 Å². The summed E-state index contributed by atoms with van der Waals surface area (Å²) in [5.74, 6) is 1.23. The van der Waals surface area contributed by atoms with Gasteiger partial charge in [-0.3, -0.25) is 0 Å². The average molecular weight is 328 g/mol. The fraction of sp³-hybridized carbons (Fsp3) is 0.500. The van der Waals surface area contributed by atoms with Crippen LogP contribution in [-0.2, 0) is 17.7 Å². The summed E-state index contributed by atoms with van der Waals surface area (Å²) in [4.78, 5) is 11.5. The molecule has 0 saturated carbocycles. The van der Waals surface area contributed by atoms with Gasteiger partial charge in [-0.2, -0.15) is 0 Å². The number of fused-ring (bicyclic) bond motifs is 1. The van der Waals surface area contributed by atoms with Crippen LogP contribution in [0.3, 0.4) is 0 Å². The Morgan fingerprint density at radius 1 is 1.53 bits per heavy atom. The van der Waals surface area contributed by atoms with Gasteiger partial charge >= 0.3 is 6.09 Å². The van der Waals surface area contributed by atoms with Crippen molar-refractivity contribution in [1.82, 2.24) is 5.32 Å². The molecule has 0 radical (unpaired) electrons. The Kier molecular flexibility index (Phi) is 4.69. The molecular weight excluding hydrogens is 310 g/mol. The molecule has 0 unspecified atom stereocenters. The molecule has 0 saturated heterocycles. The minimum Gasteiger partial charge on any atom is -0.493 e. The van der Waals surface area contributed by atoms with Gasteiger partial charge in [0.05, 0.1) is 13.2 Å². The van der Waals surface area contributed by atoms with Crippen LogP contribution in [0.15, 0.2) is 16.6 Å². The summed E-state index contributed by atoms with van der Waals surface area (Å²) in [6, 6.07) is 4.02. The normalized spacial score (nSPS) is 13.1. The quantitative estimate of drug-likeness (QED) is 0.923. The van der Waals surface area contributed by atoms with Gasteiger partial charge in [-0.1, -0.05) is 29.8 Å². The van der Waals surface area contributed by atoms with Crippen molar-refractivity contribution in [1.29, 1.82) is 0 Å². The van der Waals surface area contributed by atoms with Gasteiger partial charge in [0, 0.05) is 23.0 Å². The third-order valence-electron chi connectivity index (χ3n) is 2.80. The second-order valence-corrected chi connectivity index (χ2v) is 5.91. The molecule has 1 aromatic carbocycles. The number of carbonyl (C=O) groups is 1. The predicted molar refractivity (Wildman–Crippen MR) is 76.4 cm³/mol. The van der Waals surface area contributed by atoms with E-state index in [1.54, 1.807) is 0 Å². The first-order valence-corrected chi connectivity index (χ1v) is 7.20. The molecule has 1 heterocycles. The van der Waals surface area contributed by atoms with Gasteiger partial charge in [-0.05, 0) is 23.6 Å². The third-order valence-corrected chi connectivity index (χ3v) is 3.25. The summed E-state index contributed by atoms with van der Waals surface area (Å²) in [5.41, 5.74) is 2.16. The standard InChI is InChI=1S/C14H18BrNO3/c1-9(2)8-19-14(17)16-7-11-6-12(15)5-10-3-4-18-13(10)11/h5-6,9H,3-4,7-8H2,1-2H3,(H,16,17). The maximum absolute atomic E-state index is 11.5. The van der Waals surface area contributed by atoms with E-state index in [1.165, 1.54) is 5.56 Å². The lowest BCUT2D eigenvalue weighted by Gasteiger charge is -2.11. The molecule has 4 nitrogen and oxygen atoms in total. The molecule has 0 bridgehead atoms. The molecule has 0 fully saturated rings. The fourth-order valence-electron chi connectivity index (χ4n) is 1.94. The second-order valence-electron chi connectivity index (χ2n) is 5.00. The van der Waals surface area contributed by atoms with Gasteiger partial charge in [0.25, 0.3) is 0 Å². The molecule has 0 aliphatic carbocycles. The van der Waals surface area contributed by atoms with Gasteiger partial charge in [-0.15, -0.1) is 0 Å². The van der Waals surface area contributed by atoms with Crippen LogP contribution in [0, 0.1) is 5.92 Å². The number of ether oxygens (including phenoxy) is 2. The zero-order valence-corrected chi connectivity index (χ0v) is 12.7. The predicted octanol–water partition coefficient (Wildman–Crippen LogP) is 3.27. The Morgan fingerprint density at radius 3 is 3.05 bits per heavy atom. The lowest BCUT2D eigenvalue weighted by atomic mass is 10.1. The van der Waals surface area contributed by atoms with Crippen LogP contribution in [0.2, 0.25) is 0 Å². The third kappa shape index (κ3) is 3.86. The van der Waals surface area contributed by atoms with Crippen molar-refractivity contribution in [3.8, 4) is 5.75 Å². The van der Waals surface area contributed by atoms with E-state index in [4.69, 9.17) is 9.47 Å². The highest BCUT2D eigenvalue weighted by Gasteiger charge is 2.17. The summed E-state index contributed by atoms with van der Waals surface area (Å²) in [6.07, 6.45) is 0.528. The van der Waals surface area contributed by atoms with Crippen LogP contribution in [0.4, 0.5) is 4.79 Å². The molecule has 5 heteroatoms. The molecule has 104 valence electrons. The topological polar surface area (TPSA) is 47.6 Å². The Balaban J connectivity index is 1.95. The number of alkyl carbamates (subject to hydrolysis) is 1. The maximum atomic E-state index is 11.5. The molecule has 1 N–H and O–H groups in total. The Morgan fingerprint density at radius 2 is 2.32 bits per heavy atom. The Bertz CT molecular complexity index is 474. The molecule has 1 amide bonds. The van der Waals surface area contributed by atoms with Crippen LogP contribution in [0.1, 0.15) is 25.0 Å². The van der Waals surface area contributed by atoms with Crippen molar-refractivity contribution in [3.05, 3.63) is 27.7 Å². The van der Waals surface area contributed by atoms with Gasteiger partial charge < -0.3 is 14.8 Å². The molecule has 1 aliphatic heterocycles. The van der Waals surface area contributed by atoms with E-state index in [-0.39, 0.29) is 6.09 Å². The van der Waals surface area contributed by atoms with Crippen LogP contribution < -0.4 is 10.1 Å². The van der Waals surface area contributed by atoms with Crippen LogP contribution in [0.5, 0.6) is 5.75 Å². The number of hydrogen-bond acceptors (Lipinski definition) is 3. The van der Waals surface area contributed by atoms with Crippen molar-refractivity contribution in [2.45, 2.75) is 26.8 Å². The molecule has 1 aliphatic rings. The molecule has 2 rings (SSSR count). The van der Waals surface area contributed by atoms with E-state index in [0.29, 0.717) is 25.7 Å². The summed E-state index contributed by atoms with van der Waals surface area (Å²) in [5, 5.41) is 2.75. The summed E-state index contributed by atoms with van der Waals surface area (Å²) in [7, 11) is 0. The van der Waals surface area contributed by atoms with Gasteiger partial charge in [0.15, 0.2) is 0 Å². The first-order chi connectivity index (χ1) is 9.06. The SMILES string of the molecule is CC(C)COC(=O)NCc1cc(Br)cc2c1OCC2. The number of halogens is 1. The van der Waals surface area contributed by atoms with E-state index < -0.39 is 0 Å². The zero-order valence-electron chi connectivity index (χ0n) is 11.2. The first-order valence-electron chi connectivity index (χ1n) is 6.41. The average Bonchev–Trinajstić information content (AvgIpc) is 2.81. The number of amides is 1. The number of hydrogen-bond donors (Lipinski definition) is 1. The molecule has 19 heavy (non-hydrogen) atoms. The number of nitrogens with one attached hydrogen (secondary N) is 1. The van der Waals surface area contributed by atoms with Crippen molar-refractivity contribution < 1.29 is 14.3 Å². The molecule has 0 atom stereocenters. The second kappa shape index (κ2) is 6.28. The number of benzene rings is 1.